The van der Waals surface area contributed by atoms with Gasteiger partial charge in [0.25, 0.3) is 11.8 Å². The maximum Gasteiger partial charge on any atom is 0.271 e. The summed E-state index contributed by atoms with van der Waals surface area (Å²) in [5.41, 5.74) is 16.5. The van der Waals surface area contributed by atoms with Crippen molar-refractivity contribution < 1.29 is 14.0 Å². The first-order valence-corrected chi connectivity index (χ1v) is 12.4. The molecule has 2 aliphatic heterocycles. The number of nitrogens with two attached hydrogens (primary N) is 3. The molecule has 2 saturated heterocycles. The number of amides is 2. The van der Waals surface area contributed by atoms with Gasteiger partial charge >= 0.3 is 0 Å². The van der Waals surface area contributed by atoms with Gasteiger partial charge in [-0.3, -0.25) is 14.5 Å². The van der Waals surface area contributed by atoms with Gasteiger partial charge in [-0.15, -0.1) is 0 Å². The Morgan fingerprint density at radius 2 is 1.75 bits per heavy atom. The fourth-order valence-corrected chi connectivity index (χ4v) is 5.38. The van der Waals surface area contributed by atoms with Gasteiger partial charge in [0.05, 0.1) is 5.56 Å². The van der Waals surface area contributed by atoms with E-state index in [4.69, 9.17) is 40.4 Å². The first kappa shape index (κ1) is 26.1. The number of hydrogen-bond acceptors (Lipinski definition) is 9. The van der Waals surface area contributed by atoms with Crippen molar-refractivity contribution in [2.45, 2.75) is 38.3 Å². The summed E-state index contributed by atoms with van der Waals surface area (Å²) in [6.07, 6.45) is 2.43. The van der Waals surface area contributed by atoms with E-state index >= 15 is 0 Å². The first-order valence-electron chi connectivity index (χ1n) is 11.6. The number of nitrogens with zero attached hydrogens (tertiary/aromatic N) is 6. The standard InChI is InChI=1S/C22H28Cl2FN9O2/c1-2-11-10-33(21-17(24)29-15(20(28)35)19(27)31-21)7-8-34(11)12-3-5-32(6-4-12)22(36)13-9-14(25)18(26)30-16(13)23/h9,11-12H,2-8,10H2,1H3,(H2,26,30)(H2,27,31)(H2,28,35)/t11-/m0/s1. The average molecular weight is 540 g/mol. The lowest BCUT2D eigenvalue weighted by Crippen LogP contribution is -2.58. The second-order valence-electron chi connectivity index (χ2n) is 8.90. The maximum atomic E-state index is 13.9. The highest BCUT2D eigenvalue weighted by Gasteiger charge is 2.35. The van der Waals surface area contributed by atoms with Gasteiger partial charge in [0, 0.05) is 44.8 Å². The van der Waals surface area contributed by atoms with Crippen molar-refractivity contribution in [3.05, 3.63) is 33.4 Å². The molecule has 11 nitrogen and oxygen atoms in total. The van der Waals surface area contributed by atoms with E-state index in [-0.39, 0.29) is 51.2 Å². The number of piperazine rings is 1. The van der Waals surface area contributed by atoms with Crippen molar-refractivity contribution in [3.8, 4) is 0 Å². The summed E-state index contributed by atoms with van der Waals surface area (Å²) in [5.74, 6) is -1.86. The number of anilines is 3. The third-order valence-corrected chi connectivity index (χ3v) is 7.35. The topological polar surface area (TPSA) is 161 Å². The molecule has 0 spiro atoms. The molecule has 0 radical (unpaired) electrons. The molecule has 194 valence electrons. The van der Waals surface area contributed by atoms with Crippen molar-refractivity contribution in [2.75, 3.05) is 49.1 Å². The molecular weight excluding hydrogens is 512 g/mol. The molecule has 0 unspecified atom stereocenters. The van der Waals surface area contributed by atoms with Gasteiger partial charge in [0.15, 0.2) is 34.1 Å². The Balaban J connectivity index is 1.40. The van der Waals surface area contributed by atoms with E-state index in [9.17, 15) is 14.0 Å². The first-order chi connectivity index (χ1) is 17.1. The highest BCUT2D eigenvalue weighted by atomic mass is 35.5. The average Bonchev–Trinajstić information content (AvgIpc) is 2.86. The predicted octanol–water partition coefficient (Wildman–Crippen LogP) is 1.79. The van der Waals surface area contributed by atoms with Crippen LogP contribution in [0.4, 0.5) is 21.8 Å². The van der Waals surface area contributed by atoms with Crippen LogP contribution in [0.5, 0.6) is 0 Å². The molecular formula is C22H28Cl2FN9O2. The van der Waals surface area contributed by atoms with Crippen LogP contribution in [0.25, 0.3) is 0 Å². The summed E-state index contributed by atoms with van der Waals surface area (Å²) in [6, 6.07) is 1.54. The number of rotatable bonds is 5. The van der Waals surface area contributed by atoms with Gasteiger partial charge in [-0.2, -0.15) is 0 Å². The highest BCUT2D eigenvalue weighted by Crippen LogP contribution is 2.30. The molecule has 0 aliphatic carbocycles. The summed E-state index contributed by atoms with van der Waals surface area (Å²) < 4.78 is 13.9. The Bertz CT molecular complexity index is 1180. The minimum absolute atomic E-state index is 0.0153. The molecule has 2 fully saturated rings. The number of aromatic nitrogens is 3. The van der Waals surface area contributed by atoms with E-state index in [1.54, 1.807) is 4.90 Å². The minimum atomic E-state index is -0.783. The van der Waals surface area contributed by atoms with Gasteiger partial charge in [0.1, 0.15) is 5.15 Å². The molecule has 0 bridgehead atoms. The normalized spacial score (nSPS) is 19.5. The van der Waals surface area contributed by atoms with Crippen LogP contribution < -0.4 is 22.1 Å². The fraction of sp³-hybridized carbons (Fsp3) is 0.500. The molecule has 1 atom stereocenters. The molecule has 2 aromatic rings. The zero-order valence-electron chi connectivity index (χ0n) is 19.8. The van der Waals surface area contributed by atoms with E-state index in [0.717, 1.165) is 31.9 Å². The van der Waals surface area contributed by atoms with Crippen molar-refractivity contribution in [1.29, 1.82) is 0 Å². The van der Waals surface area contributed by atoms with Crippen molar-refractivity contribution >= 4 is 52.5 Å². The monoisotopic (exact) mass is 539 g/mol. The molecule has 6 N–H and O–H groups in total. The smallest absolute Gasteiger partial charge is 0.271 e. The number of likely N-dealkylation sites (tertiary alicyclic amines) is 1. The second kappa shape index (κ2) is 10.6. The van der Waals surface area contributed by atoms with Crippen LogP contribution in [-0.4, -0.2) is 81.4 Å². The molecule has 2 aromatic heterocycles. The van der Waals surface area contributed by atoms with Gasteiger partial charge in [-0.25, -0.2) is 19.3 Å². The van der Waals surface area contributed by atoms with Crippen LogP contribution in [-0.2, 0) is 0 Å². The van der Waals surface area contributed by atoms with Crippen LogP contribution in [0.3, 0.4) is 0 Å². The number of pyridine rings is 1. The largest absolute Gasteiger partial charge is 0.382 e. The molecule has 36 heavy (non-hydrogen) atoms. The number of nitrogen functional groups attached to an aromatic ring is 2. The lowest BCUT2D eigenvalue weighted by atomic mass is 9.97. The Hall–Kier alpha value is -2.96. The Labute approximate surface area is 217 Å². The summed E-state index contributed by atoms with van der Waals surface area (Å²) in [7, 11) is 0. The van der Waals surface area contributed by atoms with E-state index in [1.807, 2.05) is 4.90 Å². The SMILES string of the molecule is CC[C@H]1CN(c2nc(N)c(C(N)=O)nc2Cl)CCN1C1CCN(C(=O)c2cc(F)c(N)nc2Cl)CC1. The zero-order chi connectivity index (χ0) is 26.1. The molecule has 4 rings (SSSR count). The van der Waals surface area contributed by atoms with Crippen LogP contribution in [0.1, 0.15) is 47.0 Å². The summed E-state index contributed by atoms with van der Waals surface area (Å²) in [5, 5.41) is -0.0187. The third kappa shape index (κ3) is 5.11. The third-order valence-electron chi connectivity index (χ3n) is 6.80. The molecule has 14 heteroatoms. The molecule has 0 aromatic carbocycles. The Kier molecular flexibility index (Phi) is 7.67. The fourth-order valence-electron chi connectivity index (χ4n) is 4.91. The summed E-state index contributed by atoms with van der Waals surface area (Å²) in [6.45, 7) is 5.21. The van der Waals surface area contributed by atoms with Crippen molar-refractivity contribution in [2.24, 2.45) is 5.73 Å². The van der Waals surface area contributed by atoms with Gasteiger partial charge in [-0.05, 0) is 25.3 Å². The number of primary amides is 1. The summed E-state index contributed by atoms with van der Waals surface area (Å²) >= 11 is 12.4. The Morgan fingerprint density at radius 3 is 2.39 bits per heavy atom. The Morgan fingerprint density at radius 1 is 1.06 bits per heavy atom. The summed E-state index contributed by atoms with van der Waals surface area (Å²) in [4.78, 5) is 42.6. The molecule has 2 amide bonds. The number of piperidine rings is 1. The number of hydrogen-bond donors (Lipinski definition) is 3. The van der Waals surface area contributed by atoms with Crippen LogP contribution >= 0.6 is 23.2 Å². The van der Waals surface area contributed by atoms with E-state index in [2.05, 4.69) is 26.8 Å². The van der Waals surface area contributed by atoms with E-state index in [1.165, 1.54) is 0 Å². The van der Waals surface area contributed by atoms with E-state index in [0.29, 0.717) is 32.0 Å². The van der Waals surface area contributed by atoms with E-state index < -0.39 is 11.7 Å². The van der Waals surface area contributed by atoms with Crippen LogP contribution in [0.15, 0.2) is 6.07 Å². The number of halogens is 3. The molecule has 2 aliphatic rings. The van der Waals surface area contributed by atoms with Crippen LogP contribution in [0, 0.1) is 5.82 Å². The van der Waals surface area contributed by atoms with Gasteiger partial charge in [-0.1, -0.05) is 30.1 Å². The predicted molar refractivity (Wildman–Crippen MR) is 136 cm³/mol. The van der Waals surface area contributed by atoms with Gasteiger partial charge in [0.2, 0.25) is 0 Å². The zero-order valence-corrected chi connectivity index (χ0v) is 21.3. The minimum Gasteiger partial charge on any atom is -0.382 e. The van der Waals surface area contributed by atoms with Crippen molar-refractivity contribution in [1.82, 2.24) is 24.8 Å². The quantitative estimate of drug-likeness (QED) is 0.480. The molecule has 4 heterocycles. The lowest BCUT2D eigenvalue weighted by Gasteiger charge is -2.47. The lowest BCUT2D eigenvalue weighted by molar-refractivity contribution is 0.0490. The highest BCUT2D eigenvalue weighted by molar-refractivity contribution is 6.33. The van der Waals surface area contributed by atoms with Crippen LogP contribution in [0.2, 0.25) is 10.3 Å². The number of carbonyl (C=O) groups is 2. The van der Waals surface area contributed by atoms with Gasteiger partial charge < -0.3 is 27.0 Å². The molecule has 0 saturated carbocycles. The maximum absolute atomic E-state index is 13.9. The number of carbonyl (C=O) groups excluding carboxylic acids is 2. The van der Waals surface area contributed by atoms with Crippen molar-refractivity contribution in [3.63, 3.8) is 0 Å². The second-order valence-corrected chi connectivity index (χ2v) is 9.62.